The Bertz CT molecular complexity index is 1800. The molecule has 0 aliphatic carbocycles. The molecule has 1 aliphatic rings. The van der Waals surface area contributed by atoms with Crippen LogP contribution in [-0.4, -0.2) is 18.3 Å². The van der Waals surface area contributed by atoms with E-state index in [1.807, 2.05) is 12.1 Å². The quantitative estimate of drug-likeness (QED) is 0.191. The summed E-state index contributed by atoms with van der Waals surface area (Å²) in [5.74, 6) is 0. The molecule has 3 nitrogen and oxygen atoms in total. The van der Waals surface area contributed by atoms with Crippen LogP contribution in [0.25, 0.3) is 54.6 Å². The second kappa shape index (κ2) is 7.46. The fraction of sp³-hybridized carbons (Fsp3) is 0.188. The van der Waals surface area contributed by atoms with E-state index < -0.39 is 18.3 Å². The van der Waals surface area contributed by atoms with Gasteiger partial charge in [0.2, 0.25) is 0 Å². The summed E-state index contributed by atoms with van der Waals surface area (Å²) < 4.78 is 19.2. The summed E-state index contributed by atoms with van der Waals surface area (Å²) >= 11 is 0. The van der Waals surface area contributed by atoms with Gasteiger partial charge in [-0.05, 0) is 90.1 Å². The van der Waals surface area contributed by atoms with Crippen molar-refractivity contribution in [3.8, 4) is 11.1 Å². The van der Waals surface area contributed by atoms with Crippen LogP contribution in [0.1, 0.15) is 27.7 Å². The van der Waals surface area contributed by atoms with Crippen molar-refractivity contribution in [2.75, 3.05) is 0 Å². The molecule has 36 heavy (non-hydrogen) atoms. The van der Waals surface area contributed by atoms with Gasteiger partial charge >= 0.3 is 7.12 Å². The SMILES string of the molecule is CC1(C)OB(c2cccc3oc4ccc(-c5cc6ccccc6c6ccccc56)cc4c23)OC1(C)C. The first kappa shape index (κ1) is 21.7. The Morgan fingerprint density at radius 3 is 2.06 bits per heavy atom. The van der Waals surface area contributed by atoms with Gasteiger partial charge in [0.1, 0.15) is 11.2 Å². The molecule has 5 aromatic carbocycles. The largest absolute Gasteiger partial charge is 0.495 e. The van der Waals surface area contributed by atoms with Crippen molar-refractivity contribution >= 4 is 56.1 Å². The van der Waals surface area contributed by atoms with Crippen LogP contribution in [0.15, 0.2) is 95.4 Å². The van der Waals surface area contributed by atoms with Crippen molar-refractivity contribution in [3.05, 3.63) is 91.0 Å². The number of furan rings is 1. The molecule has 2 heterocycles. The average molecular weight is 470 g/mol. The number of benzene rings is 5. The fourth-order valence-corrected chi connectivity index (χ4v) is 5.48. The number of fused-ring (bicyclic) bond motifs is 6. The van der Waals surface area contributed by atoms with E-state index in [9.17, 15) is 0 Å². The molecular formula is C32H27BO3. The summed E-state index contributed by atoms with van der Waals surface area (Å²) in [4.78, 5) is 0. The minimum atomic E-state index is -0.454. The Morgan fingerprint density at radius 2 is 1.28 bits per heavy atom. The molecule has 0 saturated carbocycles. The molecule has 0 atom stereocenters. The fourth-order valence-electron chi connectivity index (χ4n) is 5.48. The van der Waals surface area contributed by atoms with Crippen LogP contribution in [0.5, 0.6) is 0 Å². The van der Waals surface area contributed by atoms with Gasteiger partial charge in [-0.3, -0.25) is 0 Å². The molecule has 0 unspecified atom stereocenters. The number of hydrogen-bond donors (Lipinski definition) is 0. The van der Waals surface area contributed by atoms with E-state index in [4.69, 9.17) is 13.7 Å². The molecule has 1 fully saturated rings. The van der Waals surface area contributed by atoms with Crippen molar-refractivity contribution < 1.29 is 13.7 Å². The van der Waals surface area contributed by atoms with Crippen molar-refractivity contribution in [1.29, 1.82) is 0 Å². The molecule has 176 valence electrons. The lowest BCUT2D eigenvalue weighted by molar-refractivity contribution is 0.00578. The first-order chi connectivity index (χ1) is 17.3. The molecule has 1 aliphatic heterocycles. The van der Waals surface area contributed by atoms with Gasteiger partial charge in [0.15, 0.2) is 0 Å². The third-order valence-electron chi connectivity index (χ3n) is 8.11. The molecule has 7 rings (SSSR count). The monoisotopic (exact) mass is 470 g/mol. The zero-order valence-corrected chi connectivity index (χ0v) is 21.0. The Morgan fingerprint density at radius 1 is 0.583 bits per heavy atom. The highest BCUT2D eigenvalue weighted by Crippen LogP contribution is 2.40. The molecule has 0 radical (unpaired) electrons. The van der Waals surface area contributed by atoms with E-state index in [1.165, 1.54) is 27.1 Å². The smallest absolute Gasteiger partial charge is 0.456 e. The van der Waals surface area contributed by atoms with E-state index in [1.54, 1.807) is 0 Å². The summed E-state index contributed by atoms with van der Waals surface area (Å²) in [5, 5.41) is 7.15. The third-order valence-corrected chi connectivity index (χ3v) is 8.11. The Kier molecular flexibility index (Phi) is 4.49. The molecule has 0 amide bonds. The zero-order valence-electron chi connectivity index (χ0n) is 21.0. The van der Waals surface area contributed by atoms with Gasteiger partial charge < -0.3 is 13.7 Å². The van der Waals surface area contributed by atoms with Crippen LogP contribution in [0.2, 0.25) is 0 Å². The van der Waals surface area contributed by atoms with Crippen LogP contribution in [0.4, 0.5) is 0 Å². The van der Waals surface area contributed by atoms with Crippen molar-refractivity contribution in [2.45, 2.75) is 38.9 Å². The molecule has 0 N–H and O–H groups in total. The van der Waals surface area contributed by atoms with Gasteiger partial charge in [-0.2, -0.15) is 0 Å². The van der Waals surface area contributed by atoms with Gasteiger partial charge in [0, 0.05) is 10.8 Å². The molecule has 4 heteroatoms. The van der Waals surface area contributed by atoms with E-state index in [2.05, 4.69) is 107 Å². The third kappa shape index (κ3) is 3.08. The first-order valence-electron chi connectivity index (χ1n) is 12.5. The molecule has 0 spiro atoms. The Labute approximate surface area is 210 Å². The molecular weight excluding hydrogens is 443 g/mol. The summed E-state index contributed by atoms with van der Waals surface area (Å²) in [6.45, 7) is 8.35. The normalized spacial score (nSPS) is 17.1. The second-order valence-corrected chi connectivity index (χ2v) is 10.8. The lowest BCUT2D eigenvalue weighted by Gasteiger charge is -2.32. The maximum atomic E-state index is 6.43. The van der Waals surface area contributed by atoms with E-state index in [0.29, 0.717) is 0 Å². The van der Waals surface area contributed by atoms with Crippen LogP contribution >= 0.6 is 0 Å². The minimum absolute atomic E-state index is 0.408. The standard InChI is InChI=1S/C32H27BO3/c1-31(2)32(3,4)36-33(35-31)27-14-9-15-29-30(27)26-19-21(16-17-28(26)34-29)25-18-20-10-5-6-11-22(20)23-12-7-8-13-24(23)25/h5-19H,1-4H3. The maximum absolute atomic E-state index is 6.43. The van der Waals surface area contributed by atoms with Crippen molar-refractivity contribution in [2.24, 2.45) is 0 Å². The predicted octanol–water partition coefficient (Wildman–Crippen LogP) is 7.86. The average Bonchev–Trinajstić information content (AvgIpc) is 3.35. The number of hydrogen-bond acceptors (Lipinski definition) is 3. The van der Waals surface area contributed by atoms with E-state index in [-0.39, 0.29) is 0 Å². The van der Waals surface area contributed by atoms with E-state index in [0.717, 1.165) is 33.0 Å². The highest BCUT2D eigenvalue weighted by molar-refractivity contribution is 6.66. The maximum Gasteiger partial charge on any atom is 0.495 e. The van der Waals surface area contributed by atoms with Gasteiger partial charge in [-0.25, -0.2) is 0 Å². The minimum Gasteiger partial charge on any atom is -0.456 e. The number of rotatable bonds is 2. The van der Waals surface area contributed by atoms with Crippen LogP contribution < -0.4 is 5.46 Å². The molecule has 6 aromatic rings. The van der Waals surface area contributed by atoms with Crippen molar-refractivity contribution in [3.63, 3.8) is 0 Å². The zero-order chi connectivity index (χ0) is 24.7. The molecule has 1 saturated heterocycles. The van der Waals surface area contributed by atoms with Gasteiger partial charge in [0.05, 0.1) is 11.2 Å². The second-order valence-electron chi connectivity index (χ2n) is 10.8. The summed E-state index contributed by atoms with van der Waals surface area (Å²) in [6.07, 6.45) is 0. The topological polar surface area (TPSA) is 31.6 Å². The molecule has 0 bridgehead atoms. The van der Waals surface area contributed by atoms with Gasteiger partial charge in [-0.15, -0.1) is 0 Å². The Balaban J connectivity index is 1.47. The summed E-state index contributed by atoms with van der Waals surface area (Å²) in [5.41, 5.74) is 4.28. The Hall–Kier alpha value is -3.60. The lowest BCUT2D eigenvalue weighted by Crippen LogP contribution is -2.41. The van der Waals surface area contributed by atoms with Gasteiger partial charge in [0.25, 0.3) is 0 Å². The highest BCUT2D eigenvalue weighted by Gasteiger charge is 2.52. The van der Waals surface area contributed by atoms with Crippen LogP contribution in [0.3, 0.4) is 0 Å². The van der Waals surface area contributed by atoms with Crippen LogP contribution in [0, 0.1) is 0 Å². The van der Waals surface area contributed by atoms with E-state index >= 15 is 0 Å². The highest BCUT2D eigenvalue weighted by atomic mass is 16.7. The summed E-state index contributed by atoms with van der Waals surface area (Å²) in [7, 11) is -0.454. The lowest BCUT2D eigenvalue weighted by atomic mass is 9.76. The predicted molar refractivity (Wildman–Crippen MR) is 150 cm³/mol. The van der Waals surface area contributed by atoms with Crippen molar-refractivity contribution in [1.82, 2.24) is 0 Å². The summed E-state index contributed by atoms with van der Waals surface area (Å²) in [6, 6.07) is 32.2. The first-order valence-corrected chi connectivity index (χ1v) is 12.5. The molecule has 1 aromatic heterocycles. The van der Waals surface area contributed by atoms with Crippen LogP contribution in [-0.2, 0) is 9.31 Å². The van der Waals surface area contributed by atoms with Gasteiger partial charge in [-0.1, -0.05) is 66.7 Å².